The number of rotatable bonds is 0. The zero-order chi connectivity index (χ0) is 22.2. The van der Waals surface area contributed by atoms with Crippen LogP contribution in [0, 0.1) is 0 Å². The molecule has 4 aromatic rings. The largest absolute Gasteiger partial charge is 0.0683 e. The van der Waals surface area contributed by atoms with Gasteiger partial charge >= 0.3 is 0 Å². The van der Waals surface area contributed by atoms with E-state index >= 15 is 0 Å². The van der Waals surface area contributed by atoms with Gasteiger partial charge in [0.15, 0.2) is 0 Å². The molecule has 4 aromatic carbocycles. The Hall–Kier alpha value is -3.12. The van der Waals surface area contributed by atoms with Gasteiger partial charge in [-0.2, -0.15) is 0 Å². The average molecular weight is 407 g/mol. The average Bonchev–Trinajstić information content (AvgIpc) is 3.38. The van der Waals surface area contributed by atoms with Crippen LogP contribution in [0.4, 0.5) is 0 Å². The Morgan fingerprint density at radius 1 is 0.452 bits per heavy atom. The lowest BCUT2D eigenvalue weighted by Gasteiger charge is -2.04. The minimum Gasteiger partial charge on any atom is -0.0683 e. The Kier molecular flexibility index (Phi) is 7.84. The molecule has 2 aliphatic rings. The molecule has 0 atom stereocenters. The quantitative estimate of drug-likeness (QED) is 0.240. The number of fused-ring (bicyclic) bond motifs is 6. The summed E-state index contributed by atoms with van der Waals surface area (Å²) in [6.45, 7) is 10.3. The summed E-state index contributed by atoms with van der Waals surface area (Å²) < 4.78 is 0. The van der Waals surface area contributed by atoms with Crippen LogP contribution in [-0.4, -0.2) is 0 Å². The van der Waals surface area contributed by atoms with Crippen molar-refractivity contribution >= 4 is 0 Å². The maximum atomic E-state index is 2.28. The molecule has 0 fully saturated rings. The van der Waals surface area contributed by atoms with Crippen LogP contribution in [-0.2, 0) is 6.42 Å². The first-order valence-corrected chi connectivity index (χ1v) is 11.7. The van der Waals surface area contributed by atoms with E-state index < -0.39 is 0 Å². The van der Waals surface area contributed by atoms with E-state index in [2.05, 4.69) is 104 Å². The normalized spacial score (nSPS) is 11.8. The van der Waals surface area contributed by atoms with Gasteiger partial charge in [-0.1, -0.05) is 132 Å². The summed E-state index contributed by atoms with van der Waals surface area (Å²) in [5.41, 5.74) is 11.5. The molecule has 0 nitrogen and oxygen atoms in total. The third kappa shape index (κ3) is 4.49. The molecule has 0 spiro atoms. The number of hydrogen-bond donors (Lipinski definition) is 0. The first-order valence-electron chi connectivity index (χ1n) is 11.7. The van der Waals surface area contributed by atoms with Crippen molar-refractivity contribution in [1.82, 2.24) is 0 Å². The van der Waals surface area contributed by atoms with Gasteiger partial charge < -0.3 is 0 Å². The summed E-state index contributed by atoms with van der Waals surface area (Å²) in [5.74, 6) is 0.558. The topological polar surface area (TPSA) is 0 Å². The molecular formula is C31H34. The second kappa shape index (κ2) is 10.8. The number of benzene rings is 4. The Morgan fingerprint density at radius 2 is 0.774 bits per heavy atom. The second-order valence-electron chi connectivity index (χ2n) is 7.39. The van der Waals surface area contributed by atoms with Gasteiger partial charge in [-0.3, -0.25) is 0 Å². The molecule has 6 rings (SSSR count). The maximum absolute atomic E-state index is 2.28. The molecule has 0 amide bonds. The van der Waals surface area contributed by atoms with Gasteiger partial charge in [0.05, 0.1) is 0 Å². The highest BCUT2D eigenvalue weighted by molar-refractivity contribution is 5.78. The van der Waals surface area contributed by atoms with Gasteiger partial charge in [0, 0.05) is 5.92 Å². The Labute approximate surface area is 188 Å². The summed E-state index contributed by atoms with van der Waals surface area (Å²) in [5, 5.41) is 0. The summed E-state index contributed by atoms with van der Waals surface area (Å²) in [6, 6.07) is 34.7. The van der Waals surface area contributed by atoms with E-state index in [9.17, 15) is 0 Å². The monoisotopic (exact) mass is 406 g/mol. The molecule has 2 aliphatic carbocycles. The van der Waals surface area contributed by atoms with Crippen LogP contribution < -0.4 is 0 Å². The standard InChI is InChI=1S/C14H12.C13H10.2C2H6/c1-10-11-6-2-4-8-13(11)14-9-5-3-7-12(10)14;1-3-7-12-10(5-1)9-11-6-2-4-8-13(11)12;2*1-2/h2-10H,1H3;1-8H,9H2;2*1-2H3. The summed E-state index contributed by atoms with van der Waals surface area (Å²) in [6.07, 6.45) is 1.10. The lowest BCUT2D eigenvalue weighted by molar-refractivity contribution is 0.957. The molecule has 0 heteroatoms. The minimum absolute atomic E-state index is 0.558. The van der Waals surface area contributed by atoms with Crippen LogP contribution in [0.3, 0.4) is 0 Å². The third-order valence-electron chi connectivity index (χ3n) is 5.85. The fourth-order valence-electron chi connectivity index (χ4n) is 4.49. The zero-order valence-corrected chi connectivity index (χ0v) is 19.5. The van der Waals surface area contributed by atoms with Crippen LogP contribution in [0.25, 0.3) is 22.3 Å². The van der Waals surface area contributed by atoms with Crippen LogP contribution in [0.5, 0.6) is 0 Å². The van der Waals surface area contributed by atoms with Crippen molar-refractivity contribution < 1.29 is 0 Å². The molecular weight excluding hydrogens is 372 g/mol. The van der Waals surface area contributed by atoms with Gasteiger partial charge in [0.25, 0.3) is 0 Å². The molecule has 0 heterocycles. The van der Waals surface area contributed by atoms with Crippen molar-refractivity contribution in [3.63, 3.8) is 0 Å². The molecule has 0 aliphatic heterocycles. The Balaban J connectivity index is 0.000000152. The molecule has 0 radical (unpaired) electrons. The lowest BCUT2D eigenvalue weighted by Crippen LogP contribution is -1.87. The van der Waals surface area contributed by atoms with Crippen LogP contribution >= 0.6 is 0 Å². The minimum atomic E-state index is 0.558. The zero-order valence-electron chi connectivity index (χ0n) is 19.5. The molecule has 31 heavy (non-hydrogen) atoms. The predicted octanol–water partition coefficient (Wildman–Crippen LogP) is 9.13. The highest BCUT2D eigenvalue weighted by Gasteiger charge is 2.23. The van der Waals surface area contributed by atoms with Gasteiger partial charge in [-0.15, -0.1) is 0 Å². The van der Waals surface area contributed by atoms with Crippen LogP contribution in [0.1, 0.15) is 62.8 Å². The molecule has 0 N–H and O–H groups in total. The first-order chi connectivity index (χ1) is 15.3. The third-order valence-corrected chi connectivity index (χ3v) is 5.85. The molecule has 0 bridgehead atoms. The molecule has 0 aromatic heterocycles. The van der Waals surface area contributed by atoms with Crippen molar-refractivity contribution in [3.05, 3.63) is 119 Å². The van der Waals surface area contributed by atoms with Crippen molar-refractivity contribution in [3.8, 4) is 22.3 Å². The summed E-state index contributed by atoms with van der Waals surface area (Å²) >= 11 is 0. The molecule has 158 valence electrons. The SMILES string of the molecule is CC.CC.CC1c2ccccc2-c2ccccc21.c1ccc2c(c1)Cc1ccccc1-2. The Bertz CT molecular complexity index is 1030. The highest BCUT2D eigenvalue weighted by Crippen LogP contribution is 2.43. The first kappa shape index (κ1) is 22.6. The van der Waals surface area contributed by atoms with E-state index in [1.165, 1.54) is 44.5 Å². The Morgan fingerprint density at radius 3 is 1.19 bits per heavy atom. The number of hydrogen-bond acceptors (Lipinski definition) is 0. The fraction of sp³-hybridized carbons (Fsp3) is 0.226. The van der Waals surface area contributed by atoms with Gasteiger partial charge in [0.2, 0.25) is 0 Å². The van der Waals surface area contributed by atoms with E-state index in [1.807, 2.05) is 27.7 Å². The van der Waals surface area contributed by atoms with Crippen LogP contribution in [0.2, 0.25) is 0 Å². The van der Waals surface area contributed by atoms with Crippen molar-refractivity contribution in [2.75, 3.05) is 0 Å². The lowest BCUT2D eigenvalue weighted by atomic mass is 10.00. The van der Waals surface area contributed by atoms with E-state index in [0.29, 0.717) is 5.92 Å². The van der Waals surface area contributed by atoms with E-state index in [0.717, 1.165) is 6.42 Å². The van der Waals surface area contributed by atoms with Gasteiger partial charge in [0.1, 0.15) is 0 Å². The van der Waals surface area contributed by atoms with Gasteiger partial charge in [-0.05, 0) is 50.9 Å². The smallest absolute Gasteiger partial charge is 0.00733 e. The van der Waals surface area contributed by atoms with Gasteiger partial charge in [-0.25, -0.2) is 0 Å². The maximum Gasteiger partial charge on any atom is 0.00733 e. The van der Waals surface area contributed by atoms with E-state index in [1.54, 1.807) is 0 Å². The summed E-state index contributed by atoms with van der Waals surface area (Å²) in [4.78, 5) is 0. The molecule has 0 saturated heterocycles. The van der Waals surface area contributed by atoms with Crippen molar-refractivity contribution in [2.45, 2.75) is 47.0 Å². The van der Waals surface area contributed by atoms with E-state index in [4.69, 9.17) is 0 Å². The molecule has 0 unspecified atom stereocenters. The second-order valence-corrected chi connectivity index (χ2v) is 7.39. The van der Waals surface area contributed by atoms with Crippen molar-refractivity contribution in [2.24, 2.45) is 0 Å². The molecule has 0 saturated carbocycles. The highest BCUT2D eigenvalue weighted by atomic mass is 14.3. The predicted molar refractivity (Wildman–Crippen MR) is 137 cm³/mol. The van der Waals surface area contributed by atoms with Crippen LogP contribution in [0.15, 0.2) is 97.1 Å². The van der Waals surface area contributed by atoms with Crippen molar-refractivity contribution in [1.29, 1.82) is 0 Å². The summed E-state index contributed by atoms with van der Waals surface area (Å²) in [7, 11) is 0. The fourth-order valence-corrected chi connectivity index (χ4v) is 4.49. The van der Waals surface area contributed by atoms with E-state index in [-0.39, 0.29) is 0 Å².